The predicted molar refractivity (Wildman–Crippen MR) is 186 cm³/mol. The maximum atomic E-state index is 14.1. The van der Waals surface area contributed by atoms with Crippen LogP contribution in [0.2, 0.25) is 0 Å². The molecule has 0 unspecified atom stereocenters. The lowest BCUT2D eigenvalue weighted by molar-refractivity contribution is -0.137. The number of halogens is 3. The van der Waals surface area contributed by atoms with Crippen molar-refractivity contribution in [2.75, 3.05) is 37.1 Å². The van der Waals surface area contributed by atoms with Crippen LogP contribution in [0.25, 0.3) is 11.1 Å². The Kier molecular flexibility index (Phi) is 11.7. The van der Waals surface area contributed by atoms with Crippen LogP contribution in [0, 0.1) is 6.92 Å². The van der Waals surface area contributed by atoms with Crippen LogP contribution >= 0.6 is 0 Å². The summed E-state index contributed by atoms with van der Waals surface area (Å²) < 4.78 is 74.3. The number of piperidine rings is 1. The number of likely N-dealkylation sites (tertiary alicyclic amines) is 1. The first kappa shape index (κ1) is 35.9. The van der Waals surface area contributed by atoms with Crippen molar-refractivity contribution in [1.29, 1.82) is 0 Å². The number of carbonyl (C=O) groups is 1. The highest BCUT2D eigenvalue weighted by Crippen LogP contribution is 2.39. The first-order valence-electron chi connectivity index (χ1n) is 16.6. The molecule has 4 aromatic carbocycles. The van der Waals surface area contributed by atoms with E-state index >= 15 is 0 Å². The number of hydrogen-bond acceptors (Lipinski definition) is 5. The van der Waals surface area contributed by atoms with Crippen molar-refractivity contribution in [2.45, 2.75) is 56.6 Å². The molecule has 0 aromatic heterocycles. The Balaban J connectivity index is 1.12. The summed E-state index contributed by atoms with van der Waals surface area (Å²) in [4.78, 5) is 15.3. The van der Waals surface area contributed by atoms with Crippen LogP contribution in [0.1, 0.15) is 54.1 Å². The third-order valence-electron chi connectivity index (χ3n) is 8.79. The van der Waals surface area contributed by atoms with Gasteiger partial charge in [-0.1, -0.05) is 54.6 Å². The average Bonchev–Trinajstić information content (AvgIpc) is 3.10. The van der Waals surface area contributed by atoms with E-state index in [1.54, 1.807) is 58.9 Å². The molecule has 11 heteroatoms. The molecule has 4 aromatic rings. The number of ether oxygens (including phenoxy) is 1. The topological polar surface area (TPSA) is 79.0 Å². The molecule has 1 aliphatic rings. The summed E-state index contributed by atoms with van der Waals surface area (Å²) in [6.45, 7) is 7.08. The number of rotatable bonds is 13. The SMILES string of the molecule is CCOc1c(C)cccc1N(C1CCN(CCCCNC(=O)c2ccc(-c3ccc(C(F)(F)F)cc3)cc2)CC1)S(=O)(=O)c1ccccc1. The minimum atomic E-state index is -4.39. The van der Waals surface area contributed by atoms with E-state index < -0.39 is 21.8 Å². The molecule has 49 heavy (non-hydrogen) atoms. The third-order valence-corrected chi connectivity index (χ3v) is 10.7. The van der Waals surface area contributed by atoms with Gasteiger partial charge in [-0.3, -0.25) is 9.10 Å². The molecule has 0 aliphatic carbocycles. The summed E-state index contributed by atoms with van der Waals surface area (Å²) in [5, 5.41) is 2.94. The van der Waals surface area contributed by atoms with Crippen LogP contribution in [0.4, 0.5) is 18.9 Å². The van der Waals surface area contributed by atoms with Crippen molar-refractivity contribution in [3.63, 3.8) is 0 Å². The van der Waals surface area contributed by atoms with Crippen LogP contribution in [-0.2, 0) is 16.2 Å². The Hall–Kier alpha value is -4.35. The van der Waals surface area contributed by atoms with Gasteiger partial charge in [0.2, 0.25) is 0 Å². The molecule has 0 radical (unpaired) electrons. The highest BCUT2D eigenvalue weighted by atomic mass is 32.2. The highest BCUT2D eigenvalue weighted by molar-refractivity contribution is 7.92. The van der Waals surface area contributed by atoms with Gasteiger partial charge in [0.1, 0.15) is 5.75 Å². The van der Waals surface area contributed by atoms with Crippen molar-refractivity contribution < 1.29 is 31.1 Å². The molecule has 1 amide bonds. The number of amides is 1. The molecule has 0 spiro atoms. The molecule has 0 saturated carbocycles. The minimum absolute atomic E-state index is 0.206. The number of nitrogens with one attached hydrogen (secondary N) is 1. The van der Waals surface area contributed by atoms with Crippen molar-refractivity contribution in [3.05, 3.63) is 114 Å². The van der Waals surface area contributed by atoms with Crippen LogP contribution in [0.15, 0.2) is 102 Å². The normalized spacial score (nSPS) is 14.4. The van der Waals surface area contributed by atoms with E-state index in [1.165, 1.54) is 12.1 Å². The summed E-state index contributed by atoms with van der Waals surface area (Å²) in [5.74, 6) is 0.381. The molecular weight excluding hydrogens is 651 g/mol. The average molecular weight is 694 g/mol. The first-order valence-corrected chi connectivity index (χ1v) is 18.0. The second kappa shape index (κ2) is 15.9. The fraction of sp³-hybridized carbons (Fsp3) is 0.342. The van der Waals surface area contributed by atoms with Crippen molar-refractivity contribution in [3.8, 4) is 16.9 Å². The van der Waals surface area contributed by atoms with Gasteiger partial charge in [-0.2, -0.15) is 13.2 Å². The van der Waals surface area contributed by atoms with Crippen LogP contribution in [-0.4, -0.2) is 58.1 Å². The molecule has 5 rings (SSSR count). The number of anilines is 1. The van der Waals surface area contributed by atoms with Crippen molar-refractivity contribution in [1.82, 2.24) is 10.2 Å². The molecule has 1 N–H and O–H groups in total. The Bertz CT molecular complexity index is 1790. The van der Waals surface area contributed by atoms with Gasteiger partial charge in [-0.15, -0.1) is 0 Å². The number of carbonyl (C=O) groups excluding carboxylic acids is 1. The van der Waals surface area contributed by atoms with Gasteiger partial charge in [0, 0.05) is 31.2 Å². The maximum absolute atomic E-state index is 14.1. The van der Waals surface area contributed by atoms with Gasteiger partial charge in [-0.25, -0.2) is 8.42 Å². The summed E-state index contributed by atoms with van der Waals surface area (Å²) in [6, 6.07) is 25.7. The lowest BCUT2D eigenvalue weighted by atomic mass is 10.0. The standard InChI is InChI=1S/C38H42F3N3O4S/c1-3-48-36-28(2)10-9-13-35(36)44(49(46,47)34-11-5-4-6-12-34)33-22-26-43(27-23-33)25-8-7-24-42-37(45)31-16-14-29(15-17-31)30-18-20-32(21-19-30)38(39,40)41/h4-6,9-21,33H,3,7-8,22-27H2,1-2H3,(H,42,45). The molecule has 1 aliphatic heterocycles. The number of benzene rings is 4. The summed E-state index contributed by atoms with van der Waals surface area (Å²) >= 11 is 0. The number of aryl methyl sites for hydroxylation is 1. The third kappa shape index (κ3) is 8.82. The second-order valence-corrected chi connectivity index (χ2v) is 14.0. The second-order valence-electron chi connectivity index (χ2n) is 12.2. The maximum Gasteiger partial charge on any atom is 0.416 e. The number of para-hydroxylation sites is 1. The van der Waals surface area contributed by atoms with Gasteiger partial charge in [-0.05, 0) is 105 Å². The molecule has 1 fully saturated rings. The van der Waals surface area contributed by atoms with Gasteiger partial charge in [0.15, 0.2) is 0 Å². The van der Waals surface area contributed by atoms with Crippen LogP contribution in [0.3, 0.4) is 0 Å². The Morgan fingerprint density at radius 3 is 2.12 bits per heavy atom. The number of alkyl halides is 3. The highest BCUT2D eigenvalue weighted by Gasteiger charge is 2.36. The van der Waals surface area contributed by atoms with E-state index in [-0.39, 0.29) is 16.8 Å². The van der Waals surface area contributed by atoms with E-state index in [0.29, 0.717) is 48.6 Å². The zero-order valence-corrected chi connectivity index (χ0v) is 28.6. The Morgan fingerprint density at radius 1 is 0.878 bits per heavy atom. The van der Waals surface area contributed by atoms with Crippen molar-refractivity contribution >= 4 is 21.6 Å². The van der Waals surface area contributed by atoms with Gasteiger partial charge in [0.05, 0.1) is 22.8 Å². The quantitative estimate of drug-likeness (QED) is 0.144. The van der Waals surface area contributed by atoms with Gasteiger partial charge >= 0.3 is 6.18 Å². The van der Waals surface area contributed by atoms with E-state index in [9.17, 15) is 26.4 Å². The number of nitrogens with zero attached hydrogens (tertiary/aromatic N) is 2. The molecule has 1 heterocycles. The molecule has 0 bridgehead atoms. The smallest absolute Gasteiger partial charge is 0.416 e. The summed E-state index contributed by atoms with van der Waals surface area (Å²) in [5.41, 5.74) is 2.59. The molecule has 1 saturated heterocycles. The summed E-state index contributed by atoms with van der Waals surface area (Å²) in [6.07, 6.45) is -1.39. The van der Waals surface area contributed by atoms with Crippen molar-refractivity contribution in [2.24, 2.45) is 0 Å². The summed E-state index contributed by atoms with van der Waals surface area (Å²) in [7, 11) is -3.85. The van der Waals surface area contributed by atoms with E-state index in [2.05, 4.69) is 10.2 Å². The Labute approximate surface area is 286 Å². The molecular formula is C38H42F3N3O4S. The fourth-order valence-electron chi connectivity index (χ4n) is 6.18. The number of sulfonamides is 1. The lowest BCUT2D eigenvalue weighted by Crippen LogP contribution is -2.48. The zero-order chi connectivity index (χ0) is 35.0. The predicted octanol–water partition coefficient (Wildman–Crippen LogP) is 7.95. The molecule has 7 nitrogen and oxygen atoms in total. The monoisotopic (exact) mass is 693 g/mol. The van der Waals surface area contributed by atoms with E-state index in [1.807, 2.05) is 32.0 Å². The fourth-order valence-corrected chi connectivity index (χ4v) is 7.91. The van der Waals surface area contributed by atoms with Crippen LogP contribution in [0.5, 0.6) is 5.75 Å². The van der Waals surface area contributed by atoms with E-state index in [4.69, 9.17) is 4.74 Å². The number of unbranched alkanes of at least 4 members (excludes halogenated alkanes) is 1. The number of hydrogen-bond donors (Lipinski definition) is 1. The Morgan fingerprint density at radius 2 is 1.51 bits per heavy atom. The van der Waals surface area contributed by atoms with Gasteiger partial charge < -0.3 is 15.0 Å². The van der Waals surface area contributed by atoms with Crippen LogP contribution < -0.4 is 14.4 Å². The molecule has 260 valence electrons. The van der Waals surface area contributed by atoms with Gasteiger partial charge in [0.25, 0.3) is 15.9 Å². The molecule has 0 atom stereocenters. The minimum Gasteiger partial charge on any atom is -0.491 e. The van der Waals surface area contributed by atoms with E-state index in [0.717, 1.165) is 55.7 Å². The largest absolute Gasteiger partial charge is 0.491 e. The zero-order valence-electron chi connectivity index (χ0n) is 27.7. The first-order chi connectivity index (χ1) is 23.5. The lowest BCUT2D eigenvalue weighted by Gasteiger charge is -2.39.